The lowest BCUT2D eigenvalue weighted by Gasteiger charge is -2.03. The number of rotatable bonds is 4. The number of amides is 1. The van der Waals surface area contributed by atoms with Crippen LogP contribution in [0.3, 0.4) is 0 Å². The van der Waals surface area contributed by atoms with Gasteiger partial charge in [-0.2, -0.15) is 5.10 Å². The third-order valence-corrected chi connectivity index (χ3v) is 2.37. The summed E-state index contributed by atoms with van der Waals surface area (Å²) in [6.07, 6.45) is 2.56. The quantitative estimate of drug-likeness (QED) is 0.598. The first-order valence-corrected chi connectivity index (χ1v) is 4.97. The number of hydrogen-bond acceptors (Lipinski definition) is 2. The van der Waals surface area contributed by atoms with Crippen molar-refractivity contribution in [2.75, 3.05) is 6.54 Å². The van der Waals surface area contributed by atoms with Crippen LogP contribution in [0.2, 0.25) is 0 Å². The predicted octanol–water partition coefficient (Wildman–Crippen LogP) is 1.34. The first kappa shape index (κ1) is 11.5. The Balaban J connectivity index is 2.77. The van der Waals surface area contributed by atoms with Crippen molar-refractivity contribution in [3.05, 3.63) is 29.6 Å². The molecule has 15 heavy (non-hydrogen) atoms. The zero-order chi connectivity index (χ0) is 11.4. The zero-order valence-corrected chi connectivity index (χ0v) is 9.50. The van der Waals surface area contributed by atoms with Gasteiger partial charge >= 0.3 is 0 Å². The van der Waals surface area contributed by atoms with Crippen LogP contribution in [0, 0.1) is 13.8 Å². The van der Waals surface area contributed by atoms with Crippen molar-refractivity contribution >= 4 is 5.91 Å². The van der Waals surface area contributed by atoms with E-state index in [-0.39, 0.29) is 5.91 Å². The normalized spacial score (nSPS) is 10.1. The van der Waals surface area contributed by atoms with E-state index in [2.05, 4.69) is 17.0 Å². The van der Waals surface area contributed by atoms with Crippen molar-refractivity contribution in [1.29, 1.82) is 0 Å². The van der Waals surface area contributed by atoms with Crippen molar-refractivity contribution in [3.63, 3.8) is 0 Å². The fourth-order valence-electron chi connectivity index (χ4n) is 1.48. The van der Waals surface area contributed by atoms with Crippen LogP contribution < -0.4 is 5.32 Å². The third kappa shape index (κ3) is 2.46. The van der Waals surface area contributed by atoms with Gasteiger partial charge in [-0.25, -0.2) is 0 Å². The second-order valence-corrected chi connectivity index (χ2v) is 3.50. The number of carbonyl (C=O) groups is 1. The Morgan fingerprint density at radius 3 is 2.73 bits per heavy atom. The van der Waals surface area contributed by atoms with Crippen molar-refractivity contribution in [1.82, 2.24) is 15.1 Å². The maximum absolute atomic E-state index is 11.8. The molecule has 1 aromatic heterocycles. The zero-order valence-electron chi connectivity index (χ0n) is 9.50. The topological polar surface area (TPSA) is 46.9 Å². The maximum Gasteiger partial charge on any atom is 0.255 e. The standard InChI is InChI=1S/C11H17N3O/c1-5-6-7-12-11(15)10-8(2)13-14(4)9(10)3/h5H,1,6-7H2,2-4H3,(H,12,15). The van der Waals surface area contributed by atoms with E-state index >= 15 is 0 Å². The predicted molar refractivity (Wildman–Crippen MR) is 59.8 cm³/mol. The Morgan fingerprint density at radius 1 is 1.60 bits per heavy atom. The summed E-state index contributed by atoms with van der Waals surface area (Å²) >= 11 is 0. The number of carbonyl (C=O) groups excluding carboxylic acids is 1. The Labute approximate surface area is 90.0 Å². The van der Waals surface area contributed by atoms with Crippen LogP contribution in [0.25, 0.3) is 0 Å². The van der Waals surface area contributed by atoms with Crippen LogP contribution in [0.4, 0.5) is 0 Å². The molecule has 0 atom stereocenters. The van der Waals surface area contributed by atoms with Crippen LogP contribution >= 0.6 is 0 Å². The number of aryl methyl sites for hydroxylation is 2. The Morgan fingerprint density at radius 2 is 2.27 bits per heavy atom. The number of nitrogens with zero attached hydrogens (tertiary/aromatic N) is 2. The molecule has 0 radical (unpaired) electrons. The van der Waals surface area contributed by atoms with Gasteiger partial charge < -0.3 is 5.32 Å². The largest absolute Gasteiger partial charge is 0.352 e. The molecule has 0 saturated carbocycles. The van der Waals surface area contributed by atoms with Gasteiger partial charge in [-0.3, -0.25) is 9.48 Å². The van der Waals surface area contributed by atoms with Gasteiger partial charge in [-0.05, 0) is 20.3 Å². The second-order valence-electron chi connectivity index (χ2n) is 3.50. The minimum Gasteiger partial charge on any atom is -0.352 e. The molecule has 82 valence electrons. The van der Waals surface area contributed by atoms with Gasteiger partial charge in [-0.1, -0.05) is 6.08 Å². The highest BCUT2D eigenvalue weighted by molar-refractivity contribution is 5.96. The monoisotopic (exact) mass is 207 g/mol. The summed E-state index contributed by atoms with van der Waals surface area (Å²) in [6.45, 7) is 7.96. The van der Waals surface area contributed by atoms with Crippen molar-refractivity contribution in [3.8, 4) is 0 Å². The van der Waals surface area contributed by atoms with Gasteiger partial charge in [0.2, 0.25) is 0 Å². The fraction of sp³-hybridized carbons (Fsp3) is 0.455. The average Bonchev–Trinajstić information content (AvgIpc) is 2.41. The molecule has 0 unspecified atom stereocenters. The van der Waals surface area contributed by atoms with E-state index in [1.54, 1.807) is 10.8 Å². The lowest BCUT2D eigenvalue weighted by Crippen LogP contribution is -2.25. The van der Waals surface area contributed by atoms with E-state index in [1.165, 1.54) is 0 Å². The molecular formula is C11H17N3O. The summed E-state index contributed by atoms with van der Waals surface area (Å²) in [6, 6.07) is 0. The molecule has 0 aromatic carbocycles. The van der Waals surface area contributed by atoms with Gasteiger partial charge in [0.15, 0.2) is 0 Å². The first-order valence-electron chi connectivity index (χ1n) is 4.97. The fourth-order valence-corrected chi connectivity index (χ4v) is 1.48. The summed E-state index contributed by atoms with van der Waals surface area (Å²) in [4.78, 5) is 11.8. The molecule has 0 aliphatic rings. The Hall–Kier alpha value is -1.58. The minimum atomic E-state index is -0.0556. The Kier molecular flexibility index (Phi) is 3.66. The van der Waals surface area contributed by atoms with Gasteiger partial charge in [0.1, 0.15) is 0 Å². The van der Waals surface area contributed by atoms with Crippen LogP contribution in [0.5, 0.6) is 0 Å². The molecule has 0 bridgehead atoms. The summed E-state index contributed by atoms with van der Waals surface area (Å²) in [5.41, 5.74) is 2.34. The number of aromatic nitrogens is 2. The van der Waals surface area contributed by atoms with Crippen LogP contribution in [0.1, 0.15) is 28.2 Å². The van der Waals surface area contributed by atoms with Gasteiger partial charge in [-0.15, -0.1) is 6.58 Å². The minimum absolute atomic E-state index is 0.0556. The van der Waals surface area contributed by atoms with E-state index in [1.807, 2.05) is 20.9 Å². The van der Waals surface area contributed by atoms with Crippen molar-refractivity contribution in [2.45, 2.75) is 20.3 Å². The molecule has 4 nitrogen and oxygen atoms in total. The van der Waals surface area contributed by atoms with Crippen LogP contribution in [-0.2, 0) is 7.05 Å². The highest BCUT2D eigenvalue weighted by atomic mass is 16.1. The van der Waals surface area contributed by atoms with E-state index in [0.29, 0.717) is 12.1 Å². The van der Waals surface area contributed by atoms with Crippen molar-refractivity contribution in [2.24, 2.45) is 7.05 Å². The molecule has 1 heterocycles. The van der Waals surface area contributed by atoms with Crippen LogP contribution in [-0.4, -0.2) is 22.2 Å². The first-order chi connectivity index (χ1) is 7.07. The molecule has 1 N–H and O–H groups in total. The molecule has 0 aliphatic carbocycles. The highest BCUT2D eigenvalue weighted by Crippen LogP contribution is 2.11. The second kappa shape index (κ2) is 4.77. The summed E-state index contributed by atoms with van der Waals surface area (Å²) in [7, 11) is 1.84. The highest BCUT2D eigenvalue weighted by Gasteiger charge is 2.16. The third-order valence-electron chi connectivity index (χ3n) is 2.37. The molecule has 0 saturated heterocycles. The number of nitrogens with one attached hydrogen (secondary N) is 1. The van der Waals surface area contributed by atoms with E-state index in [0.717, 1.165) is 17.8 Å². The molecule has 4 heteroatoms. The van der Waals surface area contributed by atoms with Crippen LogP contribution in [0.15, 0.2) is 12.7 Å². The van der Waals surface area contributed by atoms with E-state index < -0.39 is 0 Å². The summed E-state index contributed by atoms with van der Waals surface area (Å²) in [5.74, 6) is -0.0556. The van der Waals surface area contributed by atoms with Crippen molar-refractivity contribution < 1.29 is 4.79 Å². The SMILES string of the molecule is C=CCCNC(=O)c1c(C)nn(C)c1C. The lowest BCUT2D eigenvalue weighted by atomic mass is 10.2. The molecule has 0 fully saturated rings. The molecular weight excluding hydrogens is 190 g/mol. The van der Waals surface area contributed by atoms with Gasteiger partial charge in [0.25, 0.3) is 5.91 Å². The van der Waals surface area contributed by atoms with E-state index in [4.69, 9.17) is 0 Å². The number of hydrogen-bond donors (Lipinski definition) is 1. The average molecular weight is 207 g/mol. The molecule has 1 rings (SSSR count). The smallest absolute Gasteiger partial charge is 0.255 e. The Bertz CT molecular complexity index is 379. The molecule has 0 aliphatic heterocycles. The summed E-state index contributed by atoms with van der Waals surface area (Å²) < 4.78 is 1.72. The van der Waals surface area contributed by atoms with Gasteiger partial charge in [0.05, 0.1) is 11.3 Å². The molecule has 1 amide bonds. The molecule has 0 spiro atoms. The van der Waals surface area contributed by atoms with E-state index in [9.17, 15) is 4.79 Å². The maximum atomic E-state index is 11.8. The molecule has 1 aromatic rings. The summed E-state index contributed by atoms with van der Waals surface area (Å²) in [5, 5.41) is 7.03. The van der Waals surface area contributed by atoms with Gasteiger partial charge in [0, 0.05) is 19.3 Å². The lowest BCUT2D eigenvalue weighted by molar-refractivity contribution is 0.0953.